The molecule has 0 bridgehead atoms. The molecule has 0 spiro atoms. The predicted octanol–water partition coefficient (Wildman–Crippen LogP) is 2.15. The number of hydrogen-bond acceptors (Lipinski definition) is 3. The Bertz CT molecular complexity index is 455. The highest BCUT2D eigenvalue weighted by molar-refractivity contribution is 5.90. The highest BCUT2D eigenvalue weighted by atomic mass is 16.3. The Morgan fingerprint density at radius 1 is 1.14 bits per heavy atom. The number of ketones is 1. The van der Waals surface area contributed by atoms with Crippen molar-refractivity contribution in [2.75, 3.05) is 0 Å². The molecule has 3 aliphatic carbocycles. The average Bonchev–Trinajstić information content (AvgIpc) is 2.53. The number of Topliss-reactive ketones (excluding diaryl/α,β-unsaturated/α-hetero) is 1. The van der Waals surface area contributed by atoms with Crippen LogP contribution >= 0.6 is 0 Å². The summed E-state index contributed by atoms with van der Waals surface area (Å²) in [5, 5.41) is 20.5. The molecule has 0 unspecified atom stereocenters. The van der Waals surface area contributed by atoms with Gasteiger partial charge in [0, 0.05) is 11.8 Å². The van der Waals surface area contributed by atoms with Gasteiger partial charge in [-0.15, -0.1) is 0 Å². The van der Waals surface area contributed by atoms with E-state index in [1.165, 1.54) is 19.3 Å². The number of rotatable bonds is 1. The Morgan fingerprint density at radius 3 is 2.57 bits per heavy atom. The van der Waals surface area contributed by atoms with Crippen LogP contribution in [-0.4, -0.2) is 28.2 Å². The van der Waals surface area contributed by atoms with Crippen molar-refractivity contribution in [1.82, 2.24) is 0 Å². The normalized spacial score (nSPS) is 41.5. The van der Waals surface area contributed by atoms with Crippen molar-refractivity contribution in [1.29, 1.82) is 0 Å². The third kappa shape index (κ3) is 2.76. The van der Waals surface area contributed by atoms with Crippen molar-refractivity contribution in [3.8, 4) is 11.8 Å². The van der Waals surface area contributed by atoms with Crippen LogP contribution in [0.25, 0.3) is 0 Å². The summed E-state index contributed by atoms with van der Waals surface area (Å²) in [4.78, 5) is 11.9. The molecule has 3 nitrogen and oxygen atoms in total. The monoisotopic (exact) mass is 290 g/mol. The van der Waals surface area contributed by atoms with E-state index in [-0.39, 0.29) is 23.7 Å². The third-order valence-corrected chi connectivity index (χ3v) is 5.95. The Balaban J connectivity index is 1.68. The maximum absolute atomic E-state index is 11.9. The predicted molar refractivity (Wildman–Crippen MR) is 80.2 cm³/mol. The molecule has 0 aromatic heterocycles. The smallest absolute Gasteiger partial charge is 0.139 e. The minimum Gasteiger partial charge on any atom is -0.392 e. The first-order chi connectivity index (χ1) is 10.1. The van der Waals surface area contributed by atoms with Crippen molar-refractivity contribution in [2.24, 2.45) is 29.6 Å². The Kier molecular flexibility index (Phi) is 4.38. The minimum absolute atomic E-state index is 0.0241. The first-order valence-corrected chi connectivity index (χ1v) is 8.50. The third-order valence-electron chi connectivity index (χ3n) is 5.95. The second kappa shape index (κ2) is 6.10. The molecular weight excluding hydrogens is 264 g/mol. The lowest BCUT2D eigenvalue weighted by Gasteiger charge is -2.49. The zero-order valence-electron chi connectivity index (χ0n) is 12.8. The molecule has 0 amide bonds. The molecule has 3 aliphatic rings. The molecule has 0 radical (unpaired) electrons. The second-order valence-corrected chi connectivity index (χ2v) is 7.18. The number of carbonyl (C=O) groups excluding carboxylic acids is 1. The summed E-state index contributed by atoms with van der Waals surface area (Å²) in [6.45, 7) is 1.95. The quantitative estimate of drug-likeness (QED) is 0.728. The van der Waals surface area contributed by atoms with Gasteiger partial charge in [0.05, 0.1) is 12.0 Å². The molecular formula is C18H26O3. The molecule has 116 valence electrons. The van der Waals surface area contributed by atoms with Gasteiger partial charge in [-0.3, -0.25) is 4.79 Å². The van der Waals surface area contributed by atoms with E-state index < -0.39 is 12.2 Å². The van der Waals surface area contributed by atoms with Crippen molar-refractivity contribution >= 4 is 5.78 Å². The molecule has 0 aliphatic heterocycles. The molecule has 6 atom stereocenters. The lowest BCUT2D eigenvalue weighted by atomic mass is 9.53. The number of aliphatic hydroxyl groups is 2. The Labute approximate surface area is 127 Å². The van der Waals surface area contributed by atoms with Crippen LogP contribution in [0.1, 0.15) is 51.9 Å². The zero-order chi connectivity index (χ0) is 15.0. The SMILES string of the molecule is C[C@@H]1C(=O)[C@@H]2CC[C@H](O)[C@@H](C#C[C@@H](O)C3CCCCC3)[C@H]12. The van der Waals surface area contributed by atoms with E-state index in [1.807, 2.05) is 6.92 Å². The van der Waals surface area contributed by atoms with Crippen molar-refractivity contribution in [2.45, 2.75) is 64.1 Å². The van der Waals surface area contributed by atoms with Gasteiger partial charge in [0.2, 0.25) is 0 Å². The van der Waals surface area contributed by atoms with Crippen LogP contribution in [0.3, 0.4) is 0 Å². The standard InChI is InChI=1S/C18H26O3/c1-11-17-13(16(20)10-8-14(17)18(11)21)7-9-15(19)12-5-3-2-4-6-12/h11-17,19-20H,2-6,8,10H2,1H3/t11-,13+,14+,15+,16-,17-/m0/s1. The molecule has 0 saturated heterocycles. The van der Waals surface area contributed by atoms with Gasteiger partial charge in [-0.05, 0) is 37.5 Å². The number of aliphatic hydroxyl groups excluding tert-OH is 2. The first-order valence-electron chi connectivity index (χ1n) is 8.50. The summed E-state index contributed by atoms with van der Waals surface area (Å²) in [7, 11) is 0. The molecule has 2 N–H and O–H groups in total. The highest BCUT2D eigenvalue weighted by Crippen LogP contribution is 2.49. The highest BCUT2D eigenvalue weighted by Gasteiger charge is 2.54. The van der Waals surface area contributed by atoms with E-state index in [4.69, 9.17) is 0 Å². The summed E-state index contributed by atoms with van der Waals surface area (Å²) in [6, 6.07) is 0. The zero-order valence-corrected chi connectivity index (χ0v) is 12.8. The van der Waals surface area contributed by atoms with E-state index in [9.17, 15) is 15.0 Å². The lowest BCUT2D eigenvalue weighted by Crippen LogP contribution is -2.55. The summed E-state index contributed by atoms with van der Waals surface area (Å²) in [5.74, 6) is 6.99. The van der Waals surface area contributed by atoms with Crippen molar-refractivity contribution < 1.29 is 15.0 Å². The van der Waals surface area contributed by atoms with Gasteiger partial charge in [0.15, 0.2) is 0 Å². The Hall–Kier alpha value is -0.850. The van der Waals surface area contributed by atoms with Crippen LogP contribution in [0.15, 0.2) is 0 Å². The van der Waals surface area contributed by atoms with E-state index >= 15 is 0 Å². The molecule has 0 heterocycles. The fourth-order valence-electron chi connectivity index (χ4n) is 4.57. The molecule has 3 saturated carbocycles. The van der Waals surface area contributed by atoms with Crippen molar-refractivity contribution in [3.05, 3.63) is 0 Å². The number of fused-ring (bicyclic) bond motifs is 1. The van der Waals surface area contributed by atoms with Crippen LogP contribution < -0.4 is 0 Å². The fraction of sp³-hybridized carbons (Fsp3) is 0.833. The summed E-state index contributed by atoms with van der Waals surface area (Å²) in [5.41, 5.74) is 0. The van der Waals surface area contributed by atoms with Gasteiger partial charge in [-0.2, -0.15) is 0 Å². The van der Waals surface area contributed by atoms with E-state index in [0.29, 0.717) is 18.1 Å². The Morgan fingerprint density at radius 2 is 1.86 bits per heavy atom. The van der Waals surface area contributed by atoms with Gasteiger partial charge in [0.1, 0.15) is 11.9 Å². The molecule has 0 aromatic rings. The summed E-state index contributed by atoms with van der Waals surface area (Å²) in [6.07, 6.45) is 6.22. The molecule has 21 heavy (non-hydrogen) atoms. The molecule has 0 aromatic carbocycles. The number of carbonyl (C=O) groups is 1. The van der Waals surface area contributed by atoms with Gasteiger partial charge in [-0.1, -0.05) is 38.0 Å². The van der Waals surface area contributed by atoms with E-state index in [2.05, 4.69) is 11.8 Å². The summed E-state index contributed by atoms with van der Waals surface area (Å²) < 4.78 is 0. The van der Waals surface area contributed by atoms with Crippen molar-refractivity contribution in [3.63, 3.8) is 0 Å². The molecule has 3 heteroatoms. The van der Waals surface area contributed by atoms with Gasteiger partial charge in [0.25, 0.3) is 0 Å². The molecule has 3 rings (SSSR count). The largest absolute Gasteiger partial charge is 0.392 e. The lowest BCUT2D eigenvalue weighted by molar-refractivity contribution is -0.151. The maximum Gasteiger partial charge on any atom is 0.139 e. The first kappa shape index (κ1) is 15.1. The fourth-order valence-corrected chi connectivity index (χ4v) is 4.57. The maximum atomic E-state index is 11.9. The van der Waals surface area contributed by atoms with Crippen LogP contribution in [-0.2, 0) is 4.79 Å². The van der Waals surface area contributed by atoms with Gasteiger partial charge >= 0.3 is 0 Å². The van der Waals surface area contributed by atoms with Crippen LogP contribution in [0.5, 0.6) is 0 Å². The van der Waals surface area contributed by atoms with E-state index in [1.54, 1.807) is 0 Å². The summed E-state index contributed by atoms with van der Waals surface area (Å²) >= 11 is 0. The number of hydrogen-bond donors (Lipinski definition) is 2. The average molecular weight is 290 g/mol. The molecule has 3 fully saturated rings. The second-order valence-electron chi connectivity index (χ2n) is 7.18. The van der Waals surface area contributed by atoms with E-state index in [0.717, 1.165) is 19.3 Å². The van der Waals surface area contributed by atoms with Crippen LogP contribution in [0, 0.1) is 41.4 Å². The van der Waals surface area contributed by atoms with Crippen LogP contribution in [0.2, 0.25) is 0 Å². The minimum atomic E-state index is -0.566. The van der Waals surface area contributed by atoms with Gasteiger partial charge in [-0.25, -0.2) is 0 Å². The van der Waals surface area contributed by atoms with Crippen LogP contribution in [0.4, 0.5) is 0 Å². The topological polar surface area (TPSA) is 57.5 Å². The van der Waals surface area contributed by atoms with Gasteiger partial charge < -0.3 is 10.2 Å².